The molecule has 0 atom stereocenters. The number of nitrogens with one attached hydrogen (secondary N) is 1. The van der Waals surface area contributed by atoms with Gasteiger partial charge in [-0.2, -0.15) is 5.26 Å². The van der Waals surface area contributed by atoms with Crippen molar-refractivity contribution in [1.82, 2.24) is 9.88 Å². The van der Waals surface area contributed by atoms with Crippen molar-refractivity contribution in [1.29, 1.82) is 5.26 Å². The zero-order chi connectivity index (χ0) is 17.6. The maximum absolute atomic E-state index is 12.3. The number of aromatic nitrogens is 1. The van der Waals surface area contributed by atoms with Crippen LogP contribution in [0.3, 0.4) is 0 Å². The number of carbonyl (C=O) groups is 3. The number of hydrogen-bond acceptors (Lipinski definition) is 6. The second kappa shape index (κ2) is 5.06. The maximum Gasteiger partial charge on any atom is 0.337 e. The van der Waals surface area contributed by atoms with Crippen LogP contribution < -0.4 is 16.6 Å². The van der Waals surface area contributed by atoms with Crippen LogP contribution in [0.5, 0.6) is 0 Å². The summed E-state index contributed by atoms with van der Waals surface area (Å²) < 4.78 is 0.821. The lowest BCUT2D eigenvalue weighted by Crippen LogP contribution is -2.25. The Hall–Kier alpha value is -3.93. The van der Waals surface area contributed by atoms with Crippen LogP contribution in [0.15, 0.2) is 29.1 Å². The summed E-state index contributed by atoms with van der Waals surface area (Å²) in [7, 11) is 0. The van der Waals surface area contributed by atoms with E-state index in [2.05, 4.69) is 0 Å². The van der Waals surface area contributed by atoms with Crippen molar-refractivity contribution in [2.75, 3.05) is 5.73 Å². The number of nitriles is 1. The molecule has 2 aromatic rings. The monoisotopic (exact) mass is 324 g/mol. The number of nitrogens with two attached hydrogens (primary N) is 1. The van der Waals surface area contributed by atoms with Gasteiger partial charge in [0.05, 0.1) is 34.0 Å². The highest BCUT2D eigenvalue weighted by molar-refractivity contribution is 6.23. The summed E-state index contributed by atoms with van der Waals surface area (Å²) in [5, 5.41) is 20.2. The molecule has 0 saturated carbocycles. The van der Waals surface area contributed by atoms with E-state index in [1.54, 1.807) is 6.07 Å². The molecule has 0 bridgehead atoms. The lowest BCUT2D eigenvalue weighted by Gasteiger charge is -2.14. The third kappa shape index (κ3) is 2.02. The lowest BCUT2D eigenvalue weighted by atomic mass is 10.1. The number of hydrogen-bond donors (Lipinski definition) is 3. The van der Waals surface area contributed by atoms with Crippen LogP contribution in [0, 0.1) is 11.3 Å². The van der Waals surface area contributed by atoms with Gasteiger partial charge in [-0.15, -0.1) is 0 Å². The first kappa shape index (κ1) is 15.0. The fraction of sp³-hybridized carbons (Fsp3) is 0. The minimum atomic E-state index is -1.38. The van der Waals surface area contributed by atoms with Gasteiger partial charge >= 0.3 is 5.97 Å². The Bertz CT molecular complexity index is 1050. The number of rotatable bonds is 2. The van der Waals surface area contributed by atoms with Gasteiger partial charge in [0.1, 0.15) is 5.82 Å². The summed E-state index contributed by atoms with van der Waals surface area (Å²) in [6.45, 7) is 0. The number of nitrogen functional groups attached to an aromatic ring is 1. The molecule has 2 amide bonds. The minimum Gasteiger partial charge on any atom is -0.478 e. The first-order valence-electron chi connectivity index (χ1n) is 6.54. The number of pyridine rings is 1. The van der Waals surface area contributed by atoms with E-state index in [0.717, 1.165) is 16.7 Å². The molecule has 4 N–H and O–H groups in total. The molecular weight excluding hydrogens is 316 g/mol. The third-order valence-electron chi connectivity index (χ3n) is 3.55. The second-order valence-corrected chi connectivity index (χ2v) is 4.92. The zero-order valence-corrected chi connectivity index (χ0v) is 11.9. The molecule has 3 rings (SSSR count). The van der Waals surface area contributed by atoms with E-state index >= 15 is 0 Å². The normalized spacial score (nSPS) is 12.5. The number of amides is 2. The van der Waals surface area contributed by atoms with E-state index in [9.17, 15) is 24.3 Å². The molecule has 118 valence electrons. The number of imide groups is 1. The molecule has 0 radical (unpaired) electrons. The van der Waals surface area contributed by atoms with Gasteiger partial charge in [-0.1, -0.05) is 0 Å². The van der Waals surface area contributed by atoms with Crippen molar-refractivity contribution in [3.05, 3.63) is 56.9 Å². The topological polar surface area (TPSA) is 155 Å². The fourth-order valence-corrected chi connectivity index (χ4v) is 2.50. The van der Waals surface area contributed by atoms with Gasteiger partial charge in [-0.25, -0.2) is 4.79 Å². The van der Waals surface area contributed by atoms with E-state index in [4.69, 9.17) is 11.0 Å². The molecule has 0 spiro atoms. The standard InChI is InChI=1S/C15H8N4O5/c16-5-6-1-2-9(7(3-6)15(23)24)19-10(20)4-8-11(12(19)17)14(22)18-13(8)21/h1-4H,17H2,(H,23,24)(H,18,21,22). The first-order chi connectivity index (χ1) is 11.3. The first-order valence-corrected chi connectivity index (χ1v) is 6.54. The smallest absolute Gasteiger partial charge is 0.337 e. The largest absolute Gasteiger partial charge is 0.478 e. The summed E-state index contributed by atoms with van der Waals surface area (Å²) in [6, 6.07) is 6.34. The Kier molecular flexibility index (Phi) is 3.16. The van der Waals surface area contributed by atoms with Crippen molar-refractivity contribution in [2.45, 2.75) is 0 Å². The molecule has 2 heterocycles. The van der Waals surface area contributed by atoms with Gasteiger partial charge in [0.15, 0.2) is 0 Å². The summed E-state index contributed by atoms with van der Waals surface area (Å²) >= 11 is 0. The number of carboxylic acid groups (broad SMARTS) is 1. The van der Waals surface area contributed by atoms with Crippen molar-refractivity contribution >= 4 is 23.6 Å². The van der Waals surface area contributed by atoms with Crippen LogP contribution in [0.4, 0.5) is 5.82 Å². The van der Waals surface area contributed by atoms with Gasteiger partial charge in [0.2, 0.25) is 0 Å². The Morgan fingerprint density at radius 2 is 1.92 bits per heavy atom. The quantitative estimate of drug-likeness (QED) is 0.650. The Morgan fingerprint density at radius 1 is 1.21 bits per heavy atom. The van der Waals surface area contributed by atoms with Crippen molar-refractivity contribution in [3.63, 3.8) is 0 Å². The molecule has 0 aliphatic carbocycles. The lowest BCUT2D eigenvalue weighted by molar-refractivity contribution is 0.0696. The summed E-state index contributed by atoms with van der Waals surface area (Å²) in [6.07, 6.45) is 0. The van der Waals surface area contributed by atoms with Crippen LogP contribution >= 0.6 is 0 Å². The average molecular weight is 324 g/mol. The summed E-state index contributed by atoms with van der Waals surface area (Å²) in [4.78, 5) is 47.2. The SMILES string of the molecule is N#Cc1ccc(-n2c(N)c3c(cc2=O)C(=O)NC3=O)c(C(=O)O)c1. The number of fused-ring (bicyclic) bond motifs is 1. The van der Waals surface area contributed by atoms with Crippen LogP contribution in [0.2, 0.25) is 0 Å². The molecule has 9 nitrogen and oxygen atoms in total. The molecule has 24 heavy (non-hydrogen) atoms. The van der Waals surface area contributed by atoms with Crippen LogP contribution in [0.25, 0.3) is 5.69 Å². The van der Waals surface area contributed by atoms with E-state index in [0.29, 0.717) is 0 Å². The van der Waals surface area contributed by atoms with Crippen LogP contribution in [0.1, 0.15) is 36.6 Å². The van der Waals surface area contributed by atoms with Gasteiger partial charge in [-0.05, 0) is 18.2 Å². The zero-order valence-electron chi connectivity index (χ0n) is 11.9. The summed E-state index contributed by atoms with van der Waals surface area (Å²) in [5.74, 6) is -3.25. The number of nitrogens with zero attached hydrogens (tertiary/aromatic N) is 2. The molecule has 1 aromatic carbocycles. The number of benzene rings is 1. The highest BCUT2D eigenvalue weighted by Crippen LogP contribution is 2.25. The number of carbonyl (C=O) groups excluding carboxylic acids is 2. The molecular formula is C15H8N4O5. The predicted molar refractivity (Wildman–Crippen MR) is 79.9 cm³/mol. The molecule has 0 saturated heterocycles. The Balaban J connectivity index is 2.38. The number of anilines is 1. The molecule has 1 aromatic heterocycles. The molecule has 1 aliphatic rings. The van der Waals surface area contributed by atoms with Crippen molar-refractivity contribution in [3.8, 4) is 11.8 Å². The molecule has 9 heteroatoms. The van der Waals surface area contributed by atoms with E-state index in [1.165, 1.54) is 12.1 Å². The van der Waals surface area contributed by atoms with E-state index in [-0.39, 0.29) is 33.8 Å². The van der Waals surface area contributed by atoms with Gasteiger partial charge < -0.3 is 10.8 Å². The van der Waals surface area contributed by atoms with E-state index in [1.807, 2.05) is 5.32 Å². The Morgan fingerprint density at radius 3 is 2.54 bits per heavy atom. The summed E-state index contributed by atoms with van der Waals surface area (Å²) in [5.41, 5.74) is 4.35. The third-order valence-corrected chi connectivity index (χ3v) is 3.55. The van der Waals surface area contributed by atoms with Gasteiger partial charge in [0, 0.05) is 6.07 Å². The fourth-order valence-electron chi connectivity index (χ4n) is 2.50. The minimum absolute atomic E-state index is 0.0804. The van der Waals surface area contributed by atoms with Crippen LogP contribution in [-0.2, 0) is 0 Å². The number of carboxylic acids is 1. The predicted octanol–water partition coefficient (Wildman–Crippen LogP) is -0.127. The Labute approximate surface area is 133 Å². The second-order valence-electron chi connectivity index (χ2n) is 4.92. The maximum atomic E-state index is 12.3. The van der Waals surface area contributed by atoms with Crippen molar-refractivity contribution < 1.29 is 19.5 Å². The van der Waals surface area contributed by atoms with Gasteiger partial charge in [0.25, 0.3) is 17.4 Å². The highest BCUT2D eigenvalue weighted by atomic mass is 16.4. The number of aromatic carboxylic acids is 1. The van der Waals surface area contributed by atoms with E-state index < -0.39 is 23.3 Å². The molecule has 1 aliphatic heterocycles. The average Bonchev–Trinajstić information content (AvgIpc) is 2.81. The van der Waals surface area contributed by atoms with Gasteiger partial charge in [-0.3, -0.25) is 24.3 Å². The van der Waals surface area contributed by atoms with Crippen molar-refractivity contribution in [2.24, 2.45) is 0 Å². The highest BCUT2D eigenvalue weighted by Gasteiger charge is 2.32. The molecule has 0 unspecified atom stereocenters. The molecule has 0 fully saturated rings. The van der Waals surface area contributed by atoms with Crippen LogP contribution in [-0.4, -0.2) is 27.5 Å².